The normalized spacial score (nSPS) is 9.46. The standard InChI is InChI=1S/C10H8N2O/c11-8-9-2-4-10(5-3-9)12-6-1-7-13/h1-7,12H/b6-1+. The second kappa shape index (κ2) is 4.73. The lowest BCUT2D eigenvalue weighted by Crippen LogP contribution is -1.86. The van der Waals surface area contributed by atoms with Crippen molar-refractivity contribution in [2.75, 3.05) is 5.32 Å². The zero-order valence-electron chi connectivity index (χ0n) is 6.90. The van der Waals surface area contributed by atoms with Crippen LogP contribution in [0.5, 0.6) is 0 Å². The summed E-state index contributed by atoms with van der Waals surface area (Å²) in [5, 5.41) is 11.4. The predicted molar refractivity (Wildman–Crippen MR) is 50.0 cm³/mol. The summed E-state index contributed by atoms with van der Waals surface area (Å²) in [5.41, 5.74) is 1.46. The summed E-state index contributed by atoms with van der Waals surface area (Å²) in [5.74, 6) is 0. The number of hydrogen-bond donors (Lipinski definition) is 1. The van der Waals surface area contributed by atoms with E-state index >= 15 is 0 Å². The summed E-state index contributed by atoms with van der Waals surface area (Å²) in [7, 11) is 0. The zero-order valence-corrected chi connectivity index (χ0v) is 6.90. The number of hydrogen-bond acceptors (Lipinski definition) is 3. The maximum absolute atomic E-state index is 9.93. The fourth-order valence-corrected chi connectivity index (χ4v) is 0.825. The molecule has 1 aromatic rings. The van der Waals surface area contributed by atoms with Crippen LogP contribution in [0.15, 0.2) is 36.5 Å². The van der Waals surface area contributed by atoms with Crippen LogP contribution in [0, 0.1) is 11.3 Å². The second-order valence-electron chi connectivity index (χ2n) is 2.33. The van der Waals surface area contributed by atoms with Crippen molar-refractivity contribution in [3.8, 4) is 6.07 Å². The van der Waals surface area contributed by atoms with E-state index in [2.05, 4.69) is 5.32 Å². The Hall–Kier alpha value is -2.08. The van der Waals surface area contributed by atoms with Gasteiger partial charge in [0, 0.05) is 11.9 Å². The van der Waals surface area contributed by atoms with Crippen molar-refractivity contribution in [1.29, 1.82) is 5.26 Å². The van der Waals surface area contributed by atoms with Gasteiger partial charge in [-0.2, -0.15) is 5.26 Å². The molecule has 13 heavy (non-hydrogen) atoms. The number of nitrogens with zero attached hydrogens (tertiary/aromatic N) is 1. The van der Waals surface area contributed by atoms with Crippen LogP contribution < -0.4 is 5.32 Å². The maximum Gasteiger partial charge on any atom is 0.144 e. The minimum absolute atomic E-state index is 0.616. The Morgan fingerprint density at radius 2 is 2.00 bits per heavy atom. The van der Waals surface area contributed by atoms with Crippen molar-refractivity contribution in [1.82, 2.24) is 0 Å². The third kappa shape index (κ3) is 2.80. The van der Waals surface area contributed by atoms with Crippen LogP contribution >= 0.6 is 0 Å². The number of carbonyl (C=O) groups is 1. The lowest BCUT2D eigenvalue weighted by molar-refractivity contribution is -0.104. The molecule has 1 aromatic carbocycles. The fraction of sp³-hybridized carbons (Fsp3) is 0. The van der Waals surface area contributed by atoms with Crippen LogP contribution in [0.4, 0.5) is 5.69 Å². The highest BCUT2D eigenvalue weighted by molar-refractivity contribution is 5.65. The van der Waals surface area contributed by atoms with E-state index in [4.69, 9.17) is 5.26 Å². The Kier molecular flexibility index (Phi) is 3.28. The molecule has 0 bridgehead atoms. The highest BCUT2D eigenvalue weighted by Gasteiger charge is 1.89. The van der Waals surface area contributed by atoms with Gasteiger partial charge in [0.2, 0.25) is 0 Å². The van der Waals surface area contributed by atoms with Crippen LogP contribution in [0.3, 0.4) is 0 Å². The molecule has 0 aromatic heterocycles. The van der Waals surface area contributed by atoms with Gasteiger partial charge < -0.3 is 5.32 Å². The van der Waals surface area contributed by atoms with Gasteiger partial charge in [-0.3, -0.25) is 4.79 Å². The molecule has 0 heterocycles. The summed E-state index contributed by atoms with van der Waals surface area (Å²) in [4.78, 5) is 9.93. The molecule has 3 nitrogen and oxygen atoms in total. The minimum atomic E-state index is 0.616. The zero-order chi connectivity index (χ0) is 9.52. The van der Waals surface area contributed by atoms with Gasteiger partial charge >= 0.3 is 0 Å². The molecule has 0 aliphatic heterocycles. The summed E-state index contributed by atoms with van der Waals surface area (Å²) < 4.78 is 0. The number of anilines is 1. The molecule has 1 rings (SSSR count). The van der Waals surface area contributed by atoms with E-state index < -0.39 is 0 Å². The van der Waals surface area contributed by atoms with Gasteiger partial charge in [-0.05, 0) is 30.3 Å². The van der Waals surface area contributed by atoms with Crippen molar-refractivity contribution in [2.24, 2.45) is 0 Å². The Morgan fingerprint density at radius 1 is 1.31 bits per heavy atom. The first kappa shape index (κ1) is 9.01. The highest BCUT2D eigenvalue weighted by Crippen LogP contribution is 2.07. The fourth-order valence-electron chi connectivity index (χ4n) is 0.825. The molecule has 0 atom stereocenters. The average Bonchev–Trinajstić information content (AvgIpc) is 2.19. The predicted octanol–water partition coefficient (Wildman–Crippen LogP) is 1.68. The van der Waals surface area contributed by atoms with E-state index in [0.717, 1.165) is 5.69 Å². The summed E-state index contributed by atoms with van der Waals surface area (Å²) in [6, 6.07) is 8.97. The molecule has 0 fully saturated rings. The maximum atomic E-state index is 9.93. The van der Waals surface area contributed by atoms with E-state index in [-0.39, 0.29) is 0 Å². The molecule has 0 saturated heterocycles. The Balaban J connectivity index is 2.65. The van der Waals surface area contributed by atoms with Gasteiger partial charge in [0.25, 0.3) is 0 Å². The van der Waals surface area contributed by atoms with Crippen molar-refractivity contribution in [2.45, 2.75) is 0 Å². The molecule has 0 amide bonds. The van der Waals surface area contributed by atoms with Gasteiger partial charge in [0.05, 0.1) is 11.6 Å². The van der Waals surface area contributed by atoms with Gasteiger partial charge in [-0.1, -0.05) is 0 Å². The van der Waals surface area contributed by atoms with Gasteiger partial charge in [0.15, 0.2) is 0 Å². The second-order valence-corrected chi connectivity index (χ2v) is 2.33. The average molecular weight is 172 g/mol. The number of carbonyl (C=O) groups excluding carboxylic acids is 1. The summed E-state index contributed by atoms with van der Waals surface area (Å²) >= 11 is 0. The highest BCUT2D eigenvalue weighted by atomic mass is 16.1. The first-order valence-electron chi connectivity index (χ1n) is 3.74. The van der Waals surface area contributed by atoms with Crippen LogP contribution in [-0.4, -0.2) is 6.29 Å². The largest absolute Gasteiger partial charge is 0.362 e. The number of allylic oxidation sites excluding steroid dienone is 1. The van der Waals surface area contributed by atoms with Crippen LogP contribution in [0.2, 0.25) is 0 Å². The molecule has 0 saturated carbocycles. The Labute approximate surface area is 76.3 Å². The van der Waals surface area contributed by atoms with Crippen molar-refractivity contribution >= 4 is 12.0 Å². The number of nitrogens with one attached hydrogen (secondary N) is 1. The molecule has 1 N–H and O–H groups in total. The van der Waals surface area contributed by atoms with E-state index in [1.807, 2.05) is 6.07 Å². The van der Waals surface area contributed by atoms with Gasteiger partial charge in [-0.15, -0.1) is 0 Å². The third-order valence-electron chi connectivity index (χ3n) is 1.44. The molecule has 0 aliphatic rings. The minimum Gasteiger partial charge on any atom is -0.362 e. The van der Waals surface area contributed by atoms with Gasteiger partial charge in [-0.25, -0.2) is 0 Å². The quantitative estimate of drug-likeness (QED) is 0.557. The number of aldehydes is 1. The molecule has 64 valence electrons. The molecular weight excluding hydrogens is 164 g/mol. The molecule has 0 spiro atoms. The van der Waals surface area contributed by atoms with Crippen molar-refractivity contribution < 1.29 is 4.79 Å². The third-order valence-corrected chi connectivity index (χ3v) is 1.44. The topological polar surface area (TPSA) is 52.9 Å². The summed E-state index contributed by atoms with van der Waals surface area (Å²) in [6.45, 7) is 0. The molecular formula is C10H8N2O. The van der Waals surface area contributed by atoms with E-state index in [1.165, 1.54) is 12.3 Å². The molecule has 0 radical (unpaired) electrons. The number of rotatable bonds is 3. The van der Waals surface area contributed by atoms with E-state index in [1.54, 1.807) is 24.3 Å². The first-order valence-corrected chi connectivity index (χ1v) is 3.74. The number of nitriles is 1. The smallest absolute Gasteiger partial charge is 0.144 e. The van der Waals surface area contributed by atoms with Crippen molar-refractivity contribution in [3.63, 3.8) is 0 Å². The van der Waals surface area contributed by atoms with E-state index in [9.17, 15) is 4.79 Å². The SMILES string of the molecule is N#Cc1ccc(N/C=C/C=O)cc1. The Morgan fingerprint density at radius 3 is 2.54 bits per heavy atom. The first-order chi connectivity index (χ1) is 6.36. The lowest BCUT2D eigenvalue weighted by atomic mass is 10.2. The van der Waals surface area contributed by atoms with Crippen LogP contribution in [-0.2, 0) is 4.79 Å². The summed E-state index contributed by atoms with van der Waals surface area (Å²) in [6.07, 6.45) is 3.59. The van der Waals surface area contributed by atoms with E-state index in [0.29, 0.717) is 11.8 Å². The van der Waals surface area contributed by atoms with Crippen molar-refractivity contribution in [3.05, 3.63) is 42.1 Å². The molecule has 0 aliphatic carbocycles. The Bertz CT molecular complexity index is 346. The molecule has 0 unspecified atom stereocenters. The molecule has 3 heteroatoms. The van der Waals surface area contributed by atoms with Gasteiger partial charge in [0.1, 0.15) is 6.29 Å². The monoisotopic (exact) mass is 172 g/mol. The number of benzene rings is 1. The van der Waals surface area contributed by atoms with Crippen LogP contribution in [0.1, 0.15) is 5.56 Å². The van der Waals surface area contributed by atoms with Crippen LogP contribution in [0.25, 0.3) is 0 Å². The lowest BCUT2D eigenvalue weighted by Gasteiger charge is -1.98.